The SMILES string of the molecule is COc1c(NC(C)(CN)C(C)C)nc[nH]c1=O. The van der Waals surface area contributed by atoms with E-state index in [0.29, 0.717) is 18.3 Å². The Morgan fingerprint density at radius 2 is 2.29 bits per heavy atom. The van der Waals surface area contributed by atoms with Gasteiger partial charge < -0.3 is 20.8 Å². The normalized spacial score (nSPS) is 14.5. The van der Waals surface area contributed by atoms with Gasteiger partial charge in [0, 0.05) is 6.54 Å². The molecule has 1 aromatic rings. The van der Waals surface area contributed by atoms with Crippen molar-refractivity contribution in [3.8, 4) is 5.75 Å². The van der Waals surface area contributed by atoms with Gasteiger partial charge in [-0.25, -0.2) is 4.98 Å². The maximum atomic E-state index is 11.5. The van der Waals surface area contributed by atoms with Crippen LogP contribution in [0.15, 0.2) is 11.1 Å². The molecule has 0 aliphatic rings. The highest BCUT2D eigenvalue weighted by molar-refractivity contribution is 5.50. The molecule has 0 bridgehead atoms. The van der Waals surface area contributed by atoms with Gasteiger partial charge in [-0.2, -0.15) is 0 Å². The third kappa shape index (κ3) is 2.76. The van der Waals surface area contributed by atoms with Crippen LogP contribution < -0.4 is 21.3 Å². The van der Waals surface area contributed by atoms with Crippen molar-refractivity contribution in [2.75, 3.05) is 19.0 Å². The number of hydrogen-bond acceptors (Lipinski definition) is 5. The fourth-order valence-corrected chi connectivity index (χ4v) is 1.37. The molecular formula is C11H20N4O2. The zero-order chi connectivity index (χ0) is 13.1. The summed E-state index contributed by atoms with van der Waals surface area (Å²) in [6, 6.07) is 0. The van der Waals surface area contributed by atoms with E-state index in [0.717, 1.165) is 0 Å². The van der Waals surface area contributed by atoms with Crippen molar-refractivity contribution in [3.05, 3.63) is 16.7 Å². The van der Waals surface area contributed by atoms with Crippen molar-refractivity contribution in [1.82, 2.24) is 9.97 Å². The second kappa shape index (κ2) is 5.18. The van der Waals surface area contributed by atoms with Gasteiger partial charge in [0.25, 0.3) is 5.56 Å². The van der Waals surface area contributed by atoms with Crippen molar-refractivity contribution in [2.24, 2.45) is 11.7 Å². The molecule has 17 heavy (non-hydrogen) atoms. The van der Waals surface area contributed by atoms with E-state index in [4.69, 9.17) is 10.5 Å². The fourth-order valence-electron chi connectivity index (χ4n) is 1.37. The molecule has 1 heterocycles. The smallest absolute Gasteiger partial charge is 0.295 e. The molecule has 0 aliphatic heterocycles. The molecule has 0 fully saturated rings. The number of rotatable bonds is 5. The minimum atomic E-state index is -0.339. The maximum absolute atomic E-state index is 11.5. The average molecular weight is 240 g/mol. The maximum Gasteiger partial charge on any atom is 0.295 e. The molecule has 0 aromatic carbocycles. The topological polar surface area (TPSA) is 93.0 Å². The van der Waals surface area contributed by atoms with E-state index in [1.807, 2.05) is 6.92 Å². The Morgan fingerprint density at radius 1 is 1.65 bits per heavy atom. The molecule has 0 saturated carbocycles. The highest BCUT2D eigenvalue weighted by Crippen LogP contribution is 2.24. The van der Waals surface area contributed by atoms with Crippen LogP contribution in [-0.4, -0.2) is 29.2 Å². The largest absolute Gasteiger partial charge is 0.489 e. The molecule has 4 N–H and O–H groups in total. The number of aromatic nitrogens is 2. The lowest BCUT2D eigenvalue weighted by molar-refractivity contribution is 0.372. The summed E-state index contributed by atoms with van der Waals surface area (Å²) in [6.45, 7) is 6.53. The molecule has 1 aromatic heterocycles. The fraction of sp³-hybridized carbons (Fsp3) is 0.636. The summed E-state index contributed by atoms with van der Waals surface area (Å²) < 4.78 is 5.04. The zero-order valence-corrected chi connectivity index (χ0v) is 10.7. The number of nitrogens with zero attached hydrogens (tertiary/aromatic N) is 1. The zero-order valence-electron chi connectivity index (χ0n) is 10.7. The molecule has 1 unspecified atom stereocenters. The molecule has 6 heteroatoms. The molecule has 0 radical (unpaired) electrons. The molecule has 0 saturated heterocycles. The van der Waals surface area contributed by atoms with Crippen LogP contribution in [0.1, 0.15) is 20.8 Å². The van der Waals surface area contributed by atoms with Crippen LogP contribution in [-0.2, 0) is 0 Å². The van der Waals surface area contributed by atoms with Gasteiger partial charge in [0.2, 0.25) is 5.75 Å². The summed E-state index contributed by atoms with van der Waals surface area (Å²) >= 11 is 0. The van der Waals surface area contributed by atoms with Crippen molar-refractivity contribution >= 4 is 5.82 Å². The van der Waals surface area contributed by atoms with E-state index in [1.165, 1.54) is 13.4 Å². The molecule has 1 rings (SSSR count). The Bertz CT molecular complexity index is 430. The first-order chi connectivity index (χ1) is 7.94. The number of hydrogen-bond donors (Lipinski definition) is 3. The minimum absolute atomic E-state index is 0.174. The van der Waals surface area contributed by atoms with Crippen LogP contribution in [0.2, 0.25) is 0 Å². The summed E-state index contributed by atoms with van der Waals surface area (Å²) in [5.41, 5.74) is 5.12. The molecule has 0 aliphatic carbocycles. The predicted molar refractivity (Wildman–Crippen MR) is 67.3 cm³/mol. The molecule has 96 valence electrons. The van der Waals surface area contributed by atoms with E-state index in [-0.39, 0.29) is 16.8 Å². The molecule has 0 spiro atoms. The minimum Gasteiger partial charge on any atom is -0.489 e. The summed E-state index contributed by atoms with van der Waals surface area (Å²) in [5.74, 6) is 0.879. The van der Waals surface area contributed by atoms with Crippen molar-refractivity contribution in [1.29, 1.82) is 0 Å². The van der Waals surface area contributed by atoms with Crippen LogP contribution in [0.4, 0.5) is 5.82 Å². The number of aromatic amines is 1. The van der Waals surface area contributed by atoms with Crippen molar-refractivity contribution < 1.29 is 4.74 Å². The quantitative estimate of drug-likeness (QED) is 0.699. The van der Waals surface area contributed by atoms with Crippen molar-refractivity contribution in [2.45, 2.75) is 26.3 Å². The van der Waals surface area contributed by atoms with E-state index < -0.39 is 0 Å². The van der Waals surface area contributed by atoms with E-state index >= 15 is 0 Å². The number of methoxy groups -OCH3 is 1. The van der Waals surface area contributed by atoms with Gasteiger partial charge in [-0.3, -0.25) is 4.79 Å². The summed E-state index contributed by atoms with van der Waals surface area (Å²) in [5, 5.41) is 3.18. The molecule has 0 amide bonds. The van der Waals surface area contributed by atoms with Gasteiger partial charge in [-0.1, -0.05) is 13.8 Å². The lowest BCUT2D eigenvalue weighted by Gasteiger charge is -2.34. The highest BCUT2D eigenvalue weighted by atomic mass is 16.5. The summed E-state index contributed by atoms with van der Waals surface area (Å²) in [6.07, 6.45) is 1.34. The van der Waals surface area contributed by atoms with Crippen LogP contribution in [0.5, 0.6) is 5.75 Å². The van der Waals surface area contributed by atoms with Crippen LogP contribution in [0, 0.1) is 5.92 Å². The Labute approximate surface area is 101 Å². The summed E-state index contributed by atoms with van der Waals surface area (Å²) in [7, 11) is 1.44. The first kappa shape index (κ1) is 13.5. The molecule has 6 nitrogen and oxygen atoms in total. The third-order valence-corrected chi connectivity index (χ3v) is 3.12. The van der Waals surface area contributed by atoms with Crippen LogP contribution >= 0.6 is 0 Å². The average Bonchev–Trinajstić information content (AvgIpc) is 2.29. The van der Waals surface area contributed by atoms with E-state index in [2.05, 4.69) is 29.1 Å². The Morgan fingerprint density at radius 3 is 2.76 bits per heavy atom. The molecular weight excluding hydrogens is 220 g/mol. The van der Waals surface area contributed by atoms with Crippen LogP contribution in [0.25, 0.3) is 0 Å². The highest BCUT2D eigenvalue weighted by Gasteiger charge is 2.28. The van der Waals surface area contributed by atoms with Gasteiger partial charge in [0.1, 0.15) is 0 Å². The van der Waals surface area contributed by atoms with Gasteiger partial charge in [-0.15, -0.1) is 0 Å². The second-order valence-corrected chi connectivity index (χ2v) is 4.51. The Balaban J connectivity index is 3.10. The lowest BCUT2D eigenvalue weighted by atomic mass is 9.88. The predicted octanol–water partition coefficient (Wildman–Crippen LogP) is 0.564. The Hall–Kier alpha value is -1.56. The van der Waals surface area contributed by atoms with E-state index in [9.17, 15) is 4.79 Å². The van der Waals surface area contributed by atoms with Crippen LogP contribution in [0.3, 0.4) is 0 Å². The number of H-pyrrole nitrogens is 1. The first-order valence-corrected chi connectivity index (χ1v) is 5.54. The van der Waals surface area contributed by atoms with E-state index in [1.54, 1.807) is 0 Å². The third-order valence-electron chi connectivity index (χ3n) is 3.12. The number of anilines is 1. The number of nitrogens with two attached hydrogens (primary N) is 1. The lowest BCUT2D eigenvalue weighted by Crippen LogP contribution is -2.47. The number of nitrogens with one attached hydrogen (secondary N) is 2. The summed E-state index contributed by atoms with van der Waals surface area (Å²) in [4.78, 5) is 18.1. The Kier molecular flexibility index (Phi) is 4.11. The number of ether oxygens (including phenoxy) is 1. The van der Waals surface area contributed by atoms with Gasteiger partial charge in [0.15, 0.2) is 5.82 Å². The van der Waals surface area contributed by atoms with Gasteiger partial charge in [0.05, 0.1) is 19.0 Å². The first-order valence-electron chi connectivity index (χ1n) is 5.54. The monoisotopic (exact) mass is 240 g/mol. The molecule has 1 atom stereocenters. The second-order valence-electron chi connectivity index (χ2n) is 4.51. The van der Waals surface area contributed by atoms with Crippen molar-refractivity contribution in [3.63, 3.8) is 0 Å². The van der Waals surface area contributed by atoms with Gasteiger partial charge >= 0.3 is 0 Å². The standard InChI is InChI=1S/C11H20N4O2/c1-7(2)11(3,5-12)15-9-8(17-4)10(16)14-6-13-9/h6-7H,5,12H2,1-4H3,(H2,13,14,15,16). The van der Waals surface area contributed by atoms with Gasteiger partial charge in [-0.05, 0) is 12.8 Å².